The van der Waals surface area contributed by atoms with Gasteiger partial charge in [0.2, 0.25) is 0 Å². The highest BCUT2D eigenvalue weighted by Crippen LogP contribution is 2.22. The van der Waals surface area contributed by atoms with E-state index in [-0.39, 0.29) is 18.9 Å². The Kier molecular flexibility index (Phi) is 5.02. The minimum Gasteiger partial charge on any atom is -0.481 e. The van der Waals surface area contributed by atoms with Crippen molar-refractivity contribution >= 4 is 12.0 Å². The molecule has 0 bridgehead atoms. The van der Waals surface area contributed by atoms with Gasteiger partial charge in [-0.15, -0.1) is 0 Å². The van der Waals surface area contributed by atoms with Crippen molar-refractivity contribution in [2.75, 3.05) is 13.1 Å². The Morgan fingerprint density at radius 1 is 1.47 bits per heavy atom. The summed E-state index contributed by atoms with van der Waals surface area (Å²) in [6.45, 7) is 1.94. The van der Waals surface area contributed by atoms with Gasteiger partial charge in [-0.1, -0.05) is 0 Å². The minimum absolute atomic E-state index is 0.0259. The predicted molar refractivity (Wildman–Crippen MR) is 60.6 cm³/mol. The lowest BCUT2D eigenvalue weighted by atomic mass is 10.1. The second-order valence-corrected chi connectivity index (χ2v) is 4.87. The number of urea groups is 1. The molecule has 0 aromatic heterocycles. The first kappa shape index (κ1) is 15.6. The Hall–Kier alpha value is -1.47. The number of aliphatic carboxylic acids is 1. The van der Waals surface area contributed by atoms with Crippen LogP contribution >= 0.6 is 0 Å². The topological polar surface area (TPSA) is 69.6 Å². The zero-order valence-electron chi connectivity index (χ0n) is 10.5. The molecule has 0 aromatic carbocycles. The van der Waals surface area contributed by atoms with Crippen molar-refractivity contribution in [2.24, 2.45) is 5.92 Å². The highest BCUT2D eigenvalue weighted by molar-refractivity contribution is 5.75. The van der Waals surface area contributed by atoms with Gasteiger partial charge in [0, 0.05) is 25.6 Å². The number of carboxylic acids is 1. The second kappa shape index (κ2) is 6.12. The number of hydrogen-bond donors (Lipinski definition) is 2. The summed E-state index contributed by atoms with van der Waals surface area (Å²) in [5.41, 5.74) is 0. The van der Waals surface area contributed by atoms with Crippen LogP contribution in [0, 0.1) is 5.92 Å². The summed E-state index contributed by atoms with van der Waals surface area (Å²) in [4.78, 5) is 23.6. The number of alkyl halides is 3. The molecule has 0 aromatic rings. The van der Waals surface area contributed by atoms with Crippen LogP contribution in [0.1, 0.15) is 26.2 Å². The van der Waals surface area contributed by atoms with E-state index in [2.05, 4.69) is 5.32 Å². The summed E-state index contributed by atoms with van der Waals surface area (Å²) in [6, 6.07) is -1.56. The Labute approximate surface area is 108 Å². The minimum atomic E-state index is -4.32. The number of carbonyl (C=O) groups is 2. The van der Waals surface area contributed by atoms with Crippen LogP contribution in [0.2, 0.25) is 0 Å². The zero-order chi connectivity index (χ0) is 14.6. The van der Waals surface area contributed by atoms with Crippen LogP contribution in [0.25, 0.3) is 0 Å². The number of halogens is 3. The number of nitrogens with zero attached hydrogens (tertiary/aromatic N) is 1. The van der Waals surface area contributed by atoms with E-state index < -0.39 is 30.6 Å². The molecule has 1 fully saturated rings. The molecule has 1 aliphatic rings. The maximum Gasteiger partial charge on any atom is 0.391 e. The molecule has 1 aliphatic heterocycles. The van der Waals surface area contributed by atoms with Crippen LogP contribution in [-0.2, 0) is 4.79 Å². The number of carboxylic acid groups (broad SMARTS) is 1. The molecule has 5 nitrogen and oxygen atoms in total. The van der Waals surface area contributed by atoms with E-state index in [1.807, 2.05) is 0 Å². The highest BCUT2D eigenvalue weighted by atomic mass is 19.4. The van der Waals surface area contributed by atoms with Gasteiger partial charge in [-0.25, -0.2) is 4.79 Å². The van der Waals surface area contributed by atoms with Gasteiger partial charge in [0.15, 0.2) is 0 Å². The average molecular weight is 282 g/mol. The van der Waals surface area contributed by atoms with Crippen molar-refractivity contribution < 1.29 is 27.9 Å². The standard InChI is InChI=1S/C11H17F3N2O3/c1-7(5-11(12,13)14)15-10(19)16-3-2-8(6-16)4-9(17)18/h7-8H,2-6H2,1H3,(H,15,19)(H,17,18). The third kappa shape index (κ3) is 5.80. The van der Waals surface area contributed by atoms with Gasteiger partial charge in [0.25, 0.3) is 0 Å². The van der Waals surface area contributed by atoms with Gasteiger partial charge in [-0.3, -0.25) is 4.79 Å². The van der Waals surface area contributed by atoms with Crippen LogP contribution in [0.15, 0.2) is 0 Å². The van der Waals surface area contributed by atoms with E-state index in [0.717, 1.165) is 0 Å². The van der Waals surface area contributed by atoms with Crippen LogP contribution in [0.4, 0.5) is 18.0 Å². The Bertz CT molecular complexity index is 347. The molecule has 0 spiro atoms. The molecule has 2 atom stereocenters. The van der Waals surface area contributed by atoms with E-state index in [1.165, 1.54) is 11.8 Å². The van der Waals surface area contributed by atoms with E-state index in [0.29, 0.717) is 13.0 Å². The van der Waals surface area contributed by atoms with Crippen molar-refractivity contribution in [1.29, 1.82) is 0 Å². The fourth-order valence-corrected chi connectivity index (χ4v) is 2.13. The molecule has 0 aliphatic carbocycles. The molecule has 0 saturated carbocycles. The monoisotopic (exact) mass is 282 g/mol. The molecule has 2 N–H and O–H groups in total. The van der Waals surface area contributed by atoms with Crippen molar-refractivity contribution in [3.05, 3.63) is 0 Å². The van der Waals surface area contributed by atoms with Gasteiger partial charge in [0.05, 0.1) is 6.42 Å². The molecule has 8 heteroatoms. The summed E-state index contributed by atoms with van der Waals surface area (Å²) < 4.78 is 36.3. The van der Waals surface area contributed by atoms with Crippen LogP contribution in [0.3, 0.4) is 0 Å². The average Bonchev–Trinajstić information content (AvgIpc) is 2.61. The Morgan fingerprint density at radius 2 is 2.11 bits per heavy atom. The van der Waals surface area contributed by atoms with E-state index in [4.69, 9.17) is 5.11 Å². The summed E-state index contributed by atoms with van der Waals surface area (Å²) in [7, 11) is 0. The lowest BCUT2D eigenvalue weighted by Crippen LogP contribution is -2.44. The van der Waals surface area contributed by atoms with Crippen molar-refractivity contribution in [3.8, 4) is 0 Å². The van der Waals surface area contributed by atoms with E-state index >= 15 is 0 Å². The predicted octanol–water partition coefficient (Wildman–Crippen LogP) is 1.83. The van der Waals surface area contributed by atoms with Crippen molar-refractivity contribution in [3.63, 3.8) is 0 Å². The molecule has 1 saturated heterocycles. The number of nitrogens with one attached hydrogen (secondary N) is 1. The van der Waals surface area contributed by atoms with E-state index in [9.17, 15) is 22.8 Å². The number of amides is 2. The van der Waals surface area contributed by atoms with Crippen LogP contribution in [0.5, 0.6) is 0 Å². The Morgan fingerprint density at radius 3 is 2.63 bits per heavy atom. The molecule has 2 unspecified atom stereocenters. The maximum atomic E-state index is 12.1. The third-order valence-corrected chi connectivity index (χ3v) is 2.94. The van der Waals surface area contributed by atoms with Gasteiger partial charge in [-0.05, 0) is 19.3 Å². The highest BCUT2D eigenvalue weighted by Gasteiger charge is 2.32. The molecule has 2 amide bonds. The smallest absolute Gasteiger partial charge is 0.391 e. The van der Waals surface area contributed by atoms with Gasteiger partial charge in [0.1, 0.15) is 0 Å². The third-order valence-electron chi connectivity index (χ3n) is 2.94. The summed E-state index contributed by atoms with van der Waals surface area (Å²) in [5, 5.41) is 10.9. The molecule has 1 heterocycles. The number of likely N-dealkylation sites (tertiary alicyclic amines) is 1. The first-order valence-electron chi connectivity index (χ1n) is 6.01. The second-order valence-electron chi connectivity index (χ2n) is 4.87. The number of carbonyl (C=O) groups excluding carboxylic acids is 1. The summed E-state index contributed by atoms with van der Waals surface area (Å²) in [6.07, 6.45) is -4.86. The van der Waals surface area contributed by atoms with E-state index in [1.54, 1.807) is 0 Å². The first-order chi connectivity index (χ1) is 8.67. The quantitative estimate of drug-likeness (QED) is 0.826. The van der Waals surface area contributed by atoms with Crippen molar-refractivity contribution in [2.45, 2.75) is 38.4 Å². The van der Waals surface area contributed by atoms with Gasteiger partial charge in [-0.2, -0.15) is 13.2 Å². The van der Waals surface area contributed by atoms with Crippen molar-refractivity contribution in [1.82, 2.24) is 10.2 Å². The summed E-state index contributed by atoms with van der Waals surface area (Å²) in [5.74, 6) is -1.06. The first-order valence-corrected chi connectivity index (χ1v) is 6.01. The lowest BCUT2D eigenvalue weighted by molar-refractivity contribution is -0.139. The maximum absolute atomic E-state index is 12.1. The number of rotatable bonds is 4. The molecular formula is C11H17F3N2O3. The van der Waals surface area contributed by atoms with Crippen LogP contribution < -0.4 is 5.32 Å². The normalized spacial score (nSPS) is 21.3. The number of hydrogen-bond acceptors (Lipinski definition) is 2. The fourth-order valence-electron chi connectivity index (χ4n) is 2.13. The van der Waals surface area contributed by atoms with Gasteiger partial charge < -0.3 is 15.3 Å². The zero-order valence-corrected chi connectivity index (χ0v) is 10.5. The largest absolute Gasteiger partial charge is 0.481 e. The lowest BCUT2D eigenvalue weighted by Gasteiger charge is -2.21. The SMILES string of the molecule is CC(CC(F)(F)F)NC(=O)N1CCC(CC(=O)O)C1. The molecule has 1 rings (SSSR count). The molecule has 0 radical (unpaired) electrons. The van der Waals surface area contributed by atoms with Gasteiger partial charge >= 0.3 is 18.2 Å². The molecular weight excluding hydrogens is 265 g/mol. The summed E-state index contributed by atoms with van der Waals surface area (Å²) >= 11 is 0. The molecule has 110 valence electrons. The Balaban J connectivity index is 2.37. The fraction of sp³-hybridized carbons (Fsp3) is 0.818. The van der Waals surface area contributed by atoms with Crippen LogP contribution in [-0.4, -0.2) is 47.3 Å². The molecule has 19 heavy (non-hydrogen) atoms.